The highest BCUT2D eigenvalue weighted by Gasteiger charge is 2.14. The van der Waals surface area contributed by atoms with Crippen molar-refractivity contribution in [3.05, 3.63) is 58.9 Å². The Morgan fingerprint density at radius 3 is 2.67 bits per heavy atom. The first-order chi connectivity index (χ1) is 10.1. The summed E-state index contributed by atoms with van der Waals surface area (Å²) < 4.78 is 4.95. The SMILES string of the molecule is CCOC(=O)c1ccccc1NC(=O)c1ccc(Cl)nc1. The molecule has 0 aliphatic heterocycles. The number of nitrogens with zero attached hydrogens (tertiary/aromatic N) is 1. The van der Waals surface area contributed by atoms with Crippen molar-refractivity contribution in [2.75, 3.05) is 11.9 Å². The van der Waals surface area contributed by atoms with Crippen LogP contribution < -0.4 is 5.32 Å². The molecule has 5 nitrogen and oxygen atoms in total. The number of hydrogen-bond donors (Lipinski definition) is 1. The molecular formula is C15H13ClN2O3. The van der Waals surface area contributed by atoms with Crippen molar-refractivity contribution in [3.8, 4) is 0 Å². The summed E-state index contributed by atoms with van der Waals surface area (Å²) in [6.45, 7) is 1.99. The van der Waals surface area contributed by atoms with Gasteiger partial charge in [-0.1, -0.05) is 23.7 Å². The van der Waals surface area contributed by atoms with Crippen molar-refractivity contribution in [2.24, 2.45) is 0 Å². The molecule has 0 aliphatic rings. The van der Waals surface area contributed by atoms with Gasteiger partial charge in [-0.2, -0.15) is 0 Å². The van der Waals surface area contributed by atoms with Crippen LogP contribution in [0.4, 0.5) is 5.69 Å². The molecule has 0 atom stereocenters. The van der Waals surface area contributed by atoms with Crippen molar-refractivity contribution in [2.45, 2.75) is 6.92 Å². The summed E-state index contributed by atoms with van der Waals surface area (Å²) in [7, 11) is 0. The number of carbonyl (C=O) groups excluding carboxylic acids is 2. The number of pyridine rings is 1. The van der Waals surface area contributed by atoms with Crippen LogP contribution in [0.5, 0.6) is 0 Å². The molecule has 0 radical (unpaired) electrons. The molecule has 0 aliphatic carbocycles. The van der Waals surface area contributed by atoms with E-state index in [1.165, 1.54) is 12.3 Å². The van der Waals surface area contributed by atoms with Crippen LogP contribution in [0, 0.1) is 0 Å². The Kier molecular flexibility index (Phi) is 4.90. The van der Waals surface area contributed by atoms with E-state index >= 15 is 0 Å². The maximum absolute atomic E-state index is 12.1. The fourth-order valence-electron chi connectivity index (χ4n) is 1.68. The van der Waals surface area contributed by atoms with Crippen LogP contribution in [-0.4, -0.2) is 23.5 Å². The maximum Gasteiger partial charge on any atom is 0.340 e. The van der Waals surface area contributed by atoms with E-state index in [1.54, 1.807) is 37.3 Å². The second-order valence-corrected chi connectivity index (χ2v) is 4.48. The number of aromatic nitrogens is 1. The monoisotopic (exact) mass is 304 g/mol. The first-order valence-electron chi connectivity index (χ1n) is 6.31. The van der Waals surface area contributed by atoms with E-state index < -0.39 is 5.97 Å². The van der Waals surface area contributed by atoms with Crippen molar-refractivity contribution < 1.29 is 14.3 Å². The molecule has 21 heavy (non-hydrogen) atoms. The van der Waals surface area contributed by atoms with Crippen molar-refractivity contribution in [3.63, 3.8) is 0 Å². The topological polar surface area (TPSA) is 68.3 Å². The van der Waals surface area contributed by atoms with Crippen LogP contribution in [0.1, 0.15) is 27.6 Å². The van der Waals surface area contributed by atoms with Crippen molar-refractivity contribution in [1.29, 1.82) is 0 Å². The second kappa shape index (κ2) is 6.85. The summed E-state index contributed by atoms with van der Waals surface area (Å²) in [4.78, 5) is 27.8. The lowest BCUT2D eigenvalue weighted by molar-refractivity contribution is 0.0527. The normalized spacial score (nSPS) is 10.0. The Balaban J connectivity index is 2.21. The van der Waals surface area contributed by atoms with Gasteiger partial charge < -0.3 is 10.1 Å². The van der Waals surface area contributed by atoms with Crippen LogP contribution in [-0.2, 0) is 4.74 Å². The predicted octanol–water partition coefficient (Wildman–Crippen LogP) is 3.16. The molecule has 2 aromatic rings. The zero-order valence-electron chi connectivity index (χ0n) is 11.3. The molecule has 108 valence electrons. The molecule has 1 N–H and O–H groups in total. The Bertz CT molecular complexity index is 656. The zero-order chi connectivity index (χ0) is 15.2. The lowest BCUT2D eigenvalue weighted by atomic mass is 10.1. The molecule has 0 spiro atoms. The molecule has 6 heteroatoms. The van der Waals surface area contributed by atoms with Gasteiger partial charge in [0.1, 0.15) is 5.15 Å². The average Bonchev–Trinajstić information content (AvgIpc) is 2.48. The predicted molar refractivity (Wildman–Crippen MR) is 79.6 cm³/mol. The molecule has 1 heterocycles. The Morgan fingerprint density at radius 1 is 1.24 bits per heavy atom. The molecule has 1 aromatic heterocycles. The van der Waals surface area contributed by atoms with E-state index in [0.29, 0.717) is 22.0 Å². The number of ether oxygens (including phenoxy) is 1. The third-order valence-electron chi connectivity index (χ3n) is 2.66. The smallest absolute Gasteiger partial charge is 0.340 e. The van der Waals surface area contributed by atoms with Crippen LogP contribution in [0.2, 0.25) is 5.15 Å². The minimum Gasteiger partial charge on any atom is -0.462 e. The molecule has 1 amide bonds. The number of halogens is 1. The summed E-state index contributed by atoms with van der Waals surface area (Å²) in [6, 6.07) is 9.72. The third-order valence-corrected chi connectivity index (χ3v) is 2.88. The zero-order valence-corrected chi connectivity index (χ0v) is 12.1. The van der Waals surface area contributed by atoms with Crippen LogP contribution in [0.15, 0.2) is 42.6 Å². The highest BCUT2D eigenvalue weighted by molar-refractivity contribution is 6.29. The third kappa shape index (κ3) is 3.79. The quantitative estimate of drug-likeness (QED) is 0.696. The van der Waals surface area contributed by atoms with Crippen LogP contribution in [0.3, 0.4) is 0 Å². The minimum absolute atomic E-state index is 0.266. The number of hydrogen-bond acceptors (Lipinski definition) is 4. The van der Waals surface area contributed by atoms with Crippen LogP contribution in [0.25, 0.3) is 0 Å². The molecule has 1 aromatic carbocycles. The fourth-order valence-corrected chi connectivity index (χ4v) is 1.80. The first-order valence-corrected chi connectivity index (χ1v) is 6.68. The van der Waals surface area contributed by atoms with Crippen molar-refractivity contribution >= 4 is 29.2 Å². The second-order valence-electron chi connectivity index (χ2n) is 4.09. The number of anilines is 1. The van der Waals surface area contributed by atoms with Gasteiger partial charge >= 0.3 is 5.97 Å². The molecule has 0 bridgehead atoms. The van der Waals surface area contributed by atoms with Gasteiger partial charge in [-0.25, -0.2) is 9.78 Å². The summed E-state index contributed by atoms with van der Waals surface area (Å²) in [6.07, 6.45) is 1.37. The van der Waals surface area contributed by atoms with E-state index in [-0.39, 0.29) is 12.5 Å². The largest absolute Gasteiger partial charge is 0.462 e. The average molecular weight is 305 g/mol. The van der Waals surface area contributed by atoms with E-state index in [4.69, 9.17) is 16.3 Å². The number of benzene rings is 1. The van der Waals surface area contributed by atoms with Gasteiger partial charge in [0.25, 0.3) is 5.91 Å². The van der Waals surface area contributed by atoms with E-state index in [9.17, 15) is 9.59 Å². The molecule has 2 rings (SSSR count). The minimum atomic E-state index is -0.484. The maximum atomic E-state index is 12.1. The van der Waals surface area contributed by atoms with E-state index in [0.717, 1.165) is 0 Å². The highest BCUT2D eigenvalue weighted by Crippen LogP contribution is 2.17. The van der Waals surface area contributed by atoms with Crippen LogP contribution >= 0.6 is 11.6 Å². The summed E-state index contributed by atoms with van der Waals surface area (Å²) in [5, 5.41) is 2.97. The van der Waals surface area contributed by atoms with Gasteiger partial charge in [0.2, 0.25) is 0 Å². The number of esters is 1. The molecule has 0 unspecified atom stereocenters. The van der Waals surface area contributed by atoms with E-state index in [1.807, 2.05) is 0 Å². The van der Waals surface area contributed by atoms with Gasteiger partial charge in [-0.15, -0.1) is 0 Å². The first kappa shape index (κ1) is 15.0. The summed E-state index contributed by atoms with van der Waals surface area (Å²) in [5.41, 5.74) is 1.03. The fraction of sp³-hybridized carbons (Fsp3) is 0.133. The van der Waals surface area contributed by atoms with Gasteiger partial charge in [0.05, 0.1) is 23.4 Å². The molecule has 0 fully saturated rings. The Morgan fingerprint density at radius 2 is 2.00 bits per heavy atom. The standard InChI is InChI=1S/C15H13ClN2O3/c1-2-21-15(20)11-5-3-4-6-12(11)18-14(19)10-7-8-13(16)17-9-10/h3-9H,2H2,1H3,(H,18,19). The Labute approximate surface area is 126 Å². The highest BCUT2D eigenvalue weighted by atomic mass is 35.5. The summed E-state index contributed by atoms with van der Waals surface area (Å²) in [5.74, 6) is -0.862. The van der Waals surface area contributed by atoms with E-state index in [2.05, 4.69) is 10.3 Å². The molecule has 0 saturated carbocycles. The molecule has 0 saturated heterocycles. The number of nitrogens with one attached hydrogen (secondary N) is 1. The number of amides is 1. The van der Waals surface area contributed by atoms with Gasteiger partial charge in [-0.05, 0) is 31.2 Å². The summed E-state index contributed by atoms with van der Waals surface area (Å²) >= 11 is 5.67. The number of para-hydroxylation sites is 1. The lowest BCUT2D eigenvalue weighted by Gasteiger charge is -2.10. The van der Waals surface area contributed by atoms with Gasteiger partial charge in [0, 0.05) is 6.20 Å². The Hall–Kier alpha value is -2.40. The van der Waals surface area contributed by atoms with Gasteiger partial charge in [0.15, 0.2) is 0 Å². The van der Waals surface area contributed by atoms with Crippen molar-refractivity contribution in [1.82, 2.24) is 4.98 Å². The molecular weight excluding hydrogens is 292 g/mol. The van der Waals surface area contributed by atoms with Gasteiger partial charge in [-0.3, -0.25) is 4.79 Å². The number of rotatable bonds is 4. The lowest BCUT2D eigenvalue weighted by Crippen LogP contribution is -2.16. The number of carbonyl (C=O) groups is 2.